The van der Waals surface area contributed by atoms with Crippen molar-refractivity contribution in [1.29, 1.82) is 0 Å². The van der Waals surface area contributed by atoms with Crippen molar-refractivity contribution in [2.75, 3.05) is 0 Å². The van der Waals surface area contributed by atoms with E-state index in [0.29, 0.717) is 31.8 Å². The fourth-order valence-corrected chi connectivity index (χ4v) is 20.3. The maximum atomic E-state index is 16.5. The van der Waals surface area contributed by atoms with Gasteiger partial charge in [-0.15, -0.1) is 0 Å². The SMILES string of the molecule is O=P(c1ccccc1)(c1ccccc1)[C-](P(=O)(c1ccccc1)c1ccccc1)P(=O)(c1ccccc1)c1ccccc1.[Cl-].[Cl-].[Cl-].[Zr+4]. The summed E-state index contributed by atoms with van der Waals surface area (Å²) in [6, 6.07) is 54.7. The van der Waals surface area contributed by atoms with Crippen LogP contribution in [-0.2, 0) is 39.9 Å². The van der Waals surface area contributed by atoms with E-state index in [1.54, 1.807) is 72.8 Å². The van der Waals surface area contributed by atoms with Crippen LogP contribution in [-0.4, -0.2) is 0 Å². The number of hydrogen-bond acceptors (Lipinski definition) is 3. The van der Waals surface area contributed by atoms with E-state index in [-0.39, 0.29) is 68.6 Å². The Labute approximate surface area is 315 Å². The molecule has 6 aromatic rings. The summed E-state index contributed by atoms with van der Waals surface area (Å²) in [7, 11) is -12.1. The molecule has 0 amide bonds. The van der Waals surface area contributed by atoms with Gasteiger partial charge in [0.15, 0.2) is 0 Å². The predicted octanol–water partition coefficient (Wildman–Crippen LogP) is -1.51. The maximum Gasteiger partial charge on any atom is 4.00 e. The molecule has 0 N–H and O–H groups in total. The van der Waals surface area contributed by atoms with Gasteiger partial charge in [0.05, 0.1) is 0 Å². The molecule has 0 heterocycles. The van der Waals surface area contributed by atoms with E-state index in [4.69, 9.17) is 0 Å². The van der Waals surface area contributed by atoms with E-state index in [1.807, 2.05) is 109 Å². The van der Waals surface area contributed by atoms with E-state index < -0.39 is 21.4 Å². The van der Waals surface area contributed by atoms with Gasteiger partial charge in [-0.2, -0.15) is 0 Å². The topological polar surface area (TPSA) is 51.2 Å². The fraction of sp³-hybridized carbons (Fsp3) is 0. The number of hydrogen-bond donors (Lipinski definition) is 0. The Morgan fingerprint density at radius 1 is 0.277 bits per heavy atom. The zero-order valence-electron chi connectivity index (χ0n) is 25.0. The Bertz CT molecular complexity index is 1590. The van der Waals surface area contributed by atoms with Gasteiger partial charge in [0.1, 0.15) is 0 Å². The normalized spacial score (nSPS) is 11.2. The number of rotatable bonds is 9. The minimum Gasteiger partial charge on any atom is -1.00 e. The van der Waals surface area contributed by atoms with Gasteiger partial charge in [0.25, 0.3) is 0 Å². The van der Waals surface area contributed by atoms with Crippen molar-refractivity contribution in [3.05, 3.63) is 187 Å². The molecule has 6 aromatic carbocycles. The van der Waals surface area contributed by atoms with Crippen molar-refractivity contribution >= 4 is 53.3 Å². The summed E-state index contributed by atoms with van der Waals surface area (Å²) in [6.07, 6.45) is 0. The van der Waals surface area contributed by atoms with E-state index in [9.17, 15) is 0 Å². The molecular formula is C37H30Cl3O3P3Zr. The van der Waals surface area contributed by atoms with Crippen molar-refractivity contribution in [3.8, 4) is 0 Å². The van der Waals surface area contributed by atoms with Crippen LogP contribution < -0.4 is 69.0 Å². The third-order valence-corrected chi connectivity index (χ3v) is 20.5. The molecule has 0 saturated carbocycles. The standard InChI is InChI=1S/C37H30O3P3.3ClH.Zr/c38-41(31-19-7-1-8-20-31,32-21-9-2-10-22-32)37(42(39,33-23-11-3-12-24-33)34-25-13-4-14-26-34)43(40,35-27-15-5-16-28-35)36-29-17-6-18-30-36;;;;/h1-30H;3*1H;/q-1;;;;+4/p-3. The summed E-state index contributed by atoms with van der Waals surface area (Å²) >= 11 is 0. The summed E-state index contributed by atoms with van der Waals surface area (Å²) in [5.41, 5.74) is 0. The Morgan fingerprint density at radius 3 is 0.532 bits per heavy atom. The molecule has 0 aliphatic heterocycles. The van der Waals surface area contributed by atoms with E-state index in [2.05, 4.69) is 0 Å². The van der Waals surface area contributed by atoms with Crippen LogP contribution in [0, 0.1) is 5.14 Å². The summed E-state index contributed by atoms with van der Waals surface area (Å²) in [5, 5.41) is 2.96. The Kier molecular flexibility index (Phi) is 15.6. The largest absolute Gasteiger partial charge is 4.00 e. The van der Waals surface area contributed by atoms with Gasteiger partial charge in [-0.05, 0) is 31.8 Å². The van der Waals surface area contributed by atoms with Crippen molar-refractivity contribution in [2.24, 2.45) is 0 Å². The van der Waals surface area contributed by atoms with Crippen LogP contribution in [0.15, 0.2) is 182 Å². The number of halogens is 3. The quantitative estimate of drug-likeness (QED) is 0.132. The van der Waals surface area contributed by atoms with Crippen LogP contribution in [0.25, 0.3) is 0 Å². The molecule has 0 saturated heterocycles. The molecule has 0 unspecified atom stereocenters. The second-order valence-electron chi connectivity index (χ2n) is 10.1. The average molecular weight is 813 g/mol. The van der Waals surface area contributed by atoms with Crippen molar-refractivity contribution in [3.63, 3.8) is 0 Å². The van der Waals surface area contributed by atoms with Crippen LogP contribution in [0.3, 0.4) is 0 Å². The van der Waals surface area contributed by atoms with Gasteiger partial charge in [-0.1, -0.05) is 187 Å². The molecule has 3 nitrogen and oxygen atoms in total. The van der Waals surface area contributed by atoms with Crippen molar-refractivity contribution in [1.82, 2.24) is 0 Å². The number of benzene rings is 6. The first-order valence-electron chi connectivity index (χ1n) is 14.0. The summed E-state index contributed by atoms with van der Waals surface area (Å²) in [6.45, 7) is 0. The van der Waals surface area contributed by atoms with Crippen LogP contribution in [0.4, 0.5) is 0 Å². The molecule has 47 heavy (non-hydrogen) atoms. The first-order valence-corrected chi connectivity index (χ1v) is 19.1. The zero-order valence-corrected chi connectivity index (χ0v) is 32.4. The summed E-state index contributed by atoms with van der Waals surface area (Å²) in [5.74, 6) is 0. The molecule has 0 bridgehead atoms. The fourth-order valence-electron chi connectivity index (χ4n) is 5.56. The molecule has 0 aliphatic carbocycles. The van der Waals surface area contributed by atoms with E-state index in [0.717, 1.165) is 0 Å². The van der Waals surface area contributed by atoms with Crippen LogP contribution in [0.5, 0.6) is 0 Å². The Hall–Kier alpha value is -2.24. The third kappa shape index (κ3) is 7.67. The third-order valence-electron chi connectivity index (χ3n) is 7.56. The minimum absolute atomic E-state index is 0. The van der Waals surface area contributed by atoms with Crippen molar-refractivity contribution < 1.29 is 77.1 Å². The molecule has 0 fully saturated rings. The molecule has 10 heteroatoms. The van der Waals surface area contributed by atoms with Gasteiger partial charge >= 0.3 is 26.2 Å². The molecule has 236 valence electrons. The first-order chi connectivity index (χ1) is 21.0. The van der Waals surface area contributed by atoms with Gasteiger partial charge in [0, 0.05) is 21.4 Å². The van der Waals surface area contributed by atoms with Crippen LogP contribution in [0.1, 0.15) is 0 Å². The smallest absolute Gasteiger partial charge is 1.00 e. The Morgan fingerprint density at radius 2 is 0.404 bits per heavy atom. The first kappa shape index (κ1) is 40.9. The minimum atomic E-state index is -4.05. The van der Waals surface area contributed by atoms with E-state index >= 15 is 13.7 Å². The molecule has 6 rings (SSSR count). The van der Waals surface area contributed by atoms with E-state index in [1.165, 1.54) is 0 Å². The zero-order chi connectivity index (χ0) is 29.8. The van der Waals surface area contributed by atoms with Crippen LogP contribution in [0.2, 0.25) is 0 Å². The van der Waals surface area contributed by atoms with Gasteiger partial charge in [-0.25, -0.2) is 0 Å². The molecule has 0 radical (unpaired) electrons. The summed E-state index contributed by atoms with van der Waals surface area (Å²) in [4.78, 5) is 0. The molecule has 0 aliphatic rings. The monoisotopic (exact) mass is 810 g/mol. The van der Waals surface area contributed by atoms with Crippen molar-refractivity contribution in [2.45, 2.75) is 0 Å². The second-order valence-corrected chi connectivity index (χ2v) is 19.3. The molecular weight excluding hydrogens is 783 g/mol. The summed E-state index contributed by atoms with van der Waals surface area (Å²) < 4.78 is 49.6. The molecule has 0 aromatic heterocycles. The predicted molar refractivity (Wildman–Crippen MR) is 183 cm³/mol. The van der Waals surface area contributed by atoms with Gasteiger partial charge in [-0.3, -0.25) is 0 Å². The average Bonchev–Trinajstić information content (AvgIpc) is 3.10. The second kappa shape index (κ2) is 18.0. The molecule has 0 atom stereocenters. The molecule has 0 spiro atoms. The van der Waals surface area contributed by atoms with Gasteiger partial charge < -0.3 is 50.9 Å². The Balaban J connectivity index is 0.00000192. The van der Waals surface area contributed by atoms with Crippen LogP contribution >= 0.6 is 21.4 Å². The maximum absolute atomic E-state index is 16.5. The van der Waals surface area contributed by atoms with Gasteiger partial charge in [0.2, 0.25) is 0 Å².